The minimum absolute atomic E-state index is 0.415. The molecule has 2 aromatic rings. The molecule has 80 valence electrons. The Morgan fingerprint density at radius 3 is 2.50 bits per heavy atom. The van der Waals surface area contributed by atoms with Crippen molar-refractivity contribution in [3.05, 3.63) is 54.1 Å². The van der Waals surface area contributed by atoms with Gasteiger partial charge in [0.1, 0.15) is 5.56 Å². The molecule has 3 nitrogen and oxygen atoms in total. The first kappa shape index (κ1) is 10.3. The van der Waals surface area contributed by atoms with Gasteiger partial charge in [-0.05, 0) is 11.6 Å². The normalized spacial score (nSPS) is 10.1. The molecule has 16 heavy (non-hydrogen) atoms. The zero-order valence-corrected chi connectivity index (χ0v) is 8.22. The largest absolute Gasteiger partial charge is 0.478 e. The minimum atomic E-state index is -1.32. The maximum Gasteiger partial charge on any atom is 0.340 e. The Hall–Kier alpha value is -2.23. The van der Waals surface area contributed by atoms with E-state index in [1.807, 2.05) is 18.2 Å². The Kier molecular flexibility index (Phi) is 2.64. The highest BCUT2D eigenvalue weighted by Crippen LogP contribution is 2.20. The molecule has 0 atom stereocenters. The van der Waals surface area contributed by atoms with Crippen LogP contribution in [0.25, 0.3) is 11.1 Å². The highest BCUT2D eigenvalue weighted by atomic mass is 19.1. The Balaban J connectivity index is 2.52. The molecule has 0 radical (unpaired) electrons. The van der Waals surface area contributed by atoms with E-state index in [0.29, 0.717) is 5.56 Å². The quantitative estimate of drug-likeness (QED) is 0.786. The van der Waals surface area contributed by atoms with Crippen molar-refractivity contribution >= 4 is 5.97 Å². The number of carboxylic acids is 1. The van der Waals surface area contributed by atoms with E-state index in [1.165, 1.54) is 12.3 Å². The highest BCUT2D eigenvalue weighted by molar-refractivity contribution is 5.89. The number of hydrogen-bond donors (Lipinski definition) is 1. The van der Waals surface area contributed by atoms with Crippen molar-refractivity contribution in [3.63, 3.8) is 0 Å². The van der Waals surface area contributed by atoms with Gasteiger partial charge >= 0.3 is 5.97 Å². The van der Waals surface area contributed by atoms with E-state index >= 15 is 0 Å². The summed E-state index contributed by atoms with van der Waals surface area (Å²) in [5, 5.41) is 8.76. The molecule has 0 saturated heterocycles. The van der Waals surface area contributed by atoms with Crippen molar-refractivity contribution in [3.8, 4) is 11.1 Å². The van der Waals surface area contributed by atoms with Crippen molar-refractivity contribution in [2.45, 2.75) is 0 Å². The van der Waals surface area contributed by atoms with Crippen molar-refractivity contribution in [1.29, 1.82) is 0 Å². The Morgan fingerprint density at radius 1 is 1.19 bits per heavy atom. The molecule has 0 saturated carbocycles. The third-order valence-corrected chi connectivity index (χ3v) is 2.18. The predicted molar refractivity (Wildman–Crippen MR) is 56.6 cm³/mol. The molecule has 0 spiro atoms. The van der Waals surface area contributed by atoms with Crippen LogP contribution < -0.4 is 0 Å². The molecule has 0 amide bonds. The van der Waals surface area contributed by atoms with Gasteiger partial charge in [0.2, 0.25) is 5.95 Å². The average Bonchev–Trinajstić information content (AvgIpc) is 2.30. The lowest BCUT2D eigenvalue weighted by Gasteiger charge is -2.02. The van der Waals surface area contributed by atoms with Gasteiger partial charge in [-0.15, -0.1) is 0 Å². The Morgan fingerprint density at radius 2 is 1.88 bits per heavy atom. The first-order chi connectivity index (χ1) is 7.68. The Labute approximate surface area is 91.2 Å². The maximum atomic E-state index is 13.0. The molecule has 2 rings (SSSR count). The smallest absolute Gasteiger partial charge is 0.340 e. The molecule has 0 fully saturated rings. The standard InChI is InChI=1S/C12H8FNO2/c13-11-10(12(15)16)6-9(7-14-11)8-4-2-1-3-5-8/h1-7H,(H,15,16). The summed E-state index contributed by atoms with van der Waals surface area (Å²) in [5.41, 5.74) is 0.971. The number of aromatic carboxylic acids is 1. The van der Waals surface area contributed by atoms with E-state index in [2.05, 4.69) is 4.98 Å². The van der Waals surface area contributed by atoms with E-state index in [9.17, 15) is 9.18 Å². The van der Waals surface area contributed by atoms with E-state index < -0.39 is 17.5 Å². The van der Waals surface area contributed by atoms with Crippen LogP contribution >= 0.6 is 0 Å². The summed E-state index contributed by atoms with van der Waals surface area (Å²) in [6.07, 6.45) is 1.32. The zero-order valence-electron chi connectivity index (χ0n) is 8.22. The summed E-state index contributed by atoms with van der Waals surface area (Å²) < 4.78 is 13.0. The fraction of sp³-hybridized carbons (Fsp3) is 0. The number of aromatic nitrogens is 1. The van der Waals surface area contributed by atoms with E-state index in [4.69, 9.17) is 5.11 Å². The molecule has 4 heteroatoms. The van der Waals surface area contributed by atoms with Crippen molar-refractivity contribution in [1.82, 2.24) is 4.98 Å². The first-order valence-electron chi connectivity index (χ1n) is 4.63. The monoisotopic (exact) mass is 217 g/mol. The number of nitrogens with zero attached hydrogens (tertiary/aromatic N) is 1. The van der Waals surface area contributed by atoms with Crippen LogP contribution in [0.1, 0.15) is 10.4 Å². The van der Waals surface area contributed by atoms with Gasteiger partial charge in [-0.3, -0.25) is 0 Å². The third kappa shape index (κ3) is 1.91. The van der Waals surface area contributed by atoms with Crippen LogP contribution in [0.2, 0.25) is 0 Å². The number of carbonyl (C=O) groups is 1. The fourth-order valence-corrected chi connectivity index (χ4v) is 1.39. The third-order valence-electron chi connectivity index (χ3n) is 2.18. The summed E-state index contributed by atoms with van der Waals surface area (Å²) in [4.78, 5) is 14.2. The van der Waals surface area contributed by atoms with Gasteiger partial charge in [-0.1, -0.05) is 30.3 Å². The molecular weight excluding hydrogens is 209 g/mol. The zero-order chi connectivity index (χ0) is 11.5. The Bertz CT molecular complexity index is 526. The van der Waals surface area contributed by atoms with Gasteiger partial charge in [0.05, 0.1) is 0 Å². The molecule has 1 N–H and O–H groups in total. The van der Waals surface area contributed by atoms with Crippen LogP contribution in [-0.2, 0) is 0 Å². The van der Waals surface area contributed by atoms with Crippen LogP contribution in [0, 0.1) is 5.95 Å². The van der Waals surface area contributed by atoms with Crippen LogP contribution in [0.5, 0.6) is 0 Å². The SMILES string of the molecule is O=C(O)c1cc(-c2ccccc2)cnc1F. The summed E-state index contributed by atoms with van der Waals surface area (Å²) in [6, 6.07) is 10.4. The first-order valence-corrected chi connectivity index (χ1v) is 4.63. The number of rotatable bonds is 2. The van der Waals surface area contributed by atoms with Gasteiger partial charge in [0.25, 0.3) is 0 Å². The number of halogens is 1. The molecule has 1 aromatic carbocycles. The van der Waals surface area contributed by atoms with Gasteiger partial charge < -0.3 is 5.11 Å². The van der Waals surface area contributed by atoms with Gasteiger partial charge in [0, 0.05) is 11.8 Å². The molecule has 1 aromatic heterocycles. The number of carboxylic acid groups (broad SMARTS) is 1. The second kappa shape index (κ2) is 4.10. The van der Waals surface area contributed by atoms with Crippen molar-refractivity contribution < 1.29 is 14.3 Å². The molecule has 0 aliphatic rings. The minimum Gasteiger partial charge on any atom is -0.478 e. The molecule has 1 heterocycles. The van der Waals surface area contributed by atoms with Crippen molar-refractivity contribution in [2.24, 2.45) is 0 Å². The molecule has 0 unspecified atom stereocenters. The molecule has 0 aliphatic heterocycles. The summed E-state index contributed by atoms with van der Waals surface area (Å²) in [7, 11) is 0. The lowest BCUT2D eigenvalue weighted by atomic mass is 10.1. The summed E-state index contributed by atoms with van der Waals surface area (Å²) in [5.74, 6) is -2.28. The second-order valence-corrected chi connectivity index (χ2v) is 3.23. The fourth-order valence-electron chi connectivity index (χ4n) is 1.39. The molecule has 0 aliphatic carbocycles. The lowest BCUT2D eigenvalue weighted by molar-refractivity contribution is 0.0691. The van der Waals surface area contributed by atoms with Crippen LogP contribution in [0.3, 0.4) is 0 Å². The predicted octanol–water partition coefficient (Wildman–Crippen LogP) is 2.59. The van der Waals surface area contributed by atoms with Gasteiger partial charge in [-0.2, -0.15) is 4.39 Å². The van der Waals surface area contributed by atoms with Crippen LogP contribution in [-0.4, -0.2) is 16.1 Å². The summed E-state index contributed by atoms with van der Waals surface area (Å²) in [6.45, 7) is 0. The maximum absolute atomic E-state index is 13.0. The highest BCUT2D eigenvalue weighted by Gasteiger charge is 2.12. The van der Waals surface area contributed by atoms with E-state index in [0.717, 1.165) is 5.56 Å². The van der Waals surface area contributed by atoms with Gasteiger partial charge in [-0.25, -0.2) is 9.78 Å². The van der Waals surface area contributed by atoms with E-state index in [1.54, 1.807) is 12.1 Å². The molecule has 0 bridgehead atoms. The summed E-state index contributed by atoms with van der Waals surface area (Å²) >= 11 is 0. The lowest BCUT2D eigenvalue weighted by Crippen LogP contribution is -2.02. The average molecular weight is 217 g/mol. The van der Waals surface area contributed by atoms with E-state index in [-0.39, 0.29) is 0 Å². The van der Waals surface area contributed by atoms with Crippen LogP contribution in [0.15, 0.2) is 42.6 Å². The topological polar surface area (TPSA) is 50.2 Å². The molecular formula is C12H8FNO2. The second-order valence-electron chi connectivity index (χ2n) is 3.23. The van der Waals surface area contributed by atoms with Gasteiger partial charge in [0.15, 0.2) is 0 Å². The van der Waals surface area contributed by atoms with Crippen molar-refractivity contribution in [2.75, 3.05) is 0 Å². The van der Waals surface area contributed by atoms with Crippen LogP contribution in [0.4, 0.5) is 4.39 Å². The number of pyridine rings is 1. The number of benzene rings is 1. The number of hydrogen-bond acceptors (Lipinski definition) is 2.